The summed E-state index contributed by atoms with van der Waals surface area (Å²) < 4.78 is 34.7. The van der Waals surface area contributed by atoms with Gasteiger partial charge in [0, 0.05) is 28.3 Å². The van der Waals surface area contributed by atoms with E-state index in [0.29, 0.717) is 11.3 Å². The lowest BCUT2D eigenvalue weighted by atomic mass is 9.97. The summed E-state index contributed by atoms with van der Waals surface area (Å²) in [5.41, 5.74) is 1.45. The van der Waals surface area contributed by atoms with Crippen LogP contribution < -0.4 is 14.8 Å². The van der Waals surface area contributed by atoms with E-state index < -0.39 is 6.29 Å². The zero-order valence-corrected chi connectivity index (χ0v) is 14.5. The van der Waals surface area contributed by atoms with Crippen molar-refractivity contribution in [1.82, 2.24) is 0 Å². The Hall–Kier alpha value is -3.07. The molecule has 6 heteroatoms. The smallest absolute Gasteiger partial charge is 0.395 e. The average molecular weight is 357 g/mol. The third-order valence-electron chi connectivity index (χ3n) is 3.39. The van der Waals surface area contributed by atoms with Gasteiger partial charge in [0.05, 0.1) is 0 Å². The van der Waals surface area contributed by atoms with E-state index in [9.17, 15) is 13.6 Å². The van der Waals surface area contributed by atoms with Crippen LogP contribution in [0.5, 0.6) is 11.5 Å². The van der Waals surface area contributed by atoms with Gasteiger partial charge in [0.25, 0.3) is 5.91 Å². The van der Waals surface area contributed by atoms with Gasteiger partial charge >= 0.3 is 6.29 Å². The van der Waals surface area contributed by atoms with E-state index in [2.05, 4.69) is 26.6 Å². The highest BCUT2D eigenvalue weighted by Gasteiger charge is 2.43. The number of rotatable bonds is 2. The molecule has 1 aliphatic heterocycles. The largest absolute Gasteiger partial charge is 0.586 e. The van der Waals surface area contributed by atoms with Crippen molar-refractivity contribution in [1.29, 1.82) is 0 Å². The van der Waals surface area contributed by atoms with Crippen molar-refractivity contribution < 1.29 is 23.0 Å². The van der Waals surface area contributed by atoms with Crippen molar-refractivity contribution in [3.05, 3.63) is 53.6 Å². The molecule has 1 heterocycles. The molecular formula is C20H17F2NO3. The van der Waals surface area contributed by atoms with Crippen LogP contribution in [-0.2, 0) is 0 Å². The van der Waals surface area contributed by atoms with Crippen LogP contribution >= 0.6 is 0 Å². The molecule has 0 spiro atoms. The second-order valence-corrected chi connectivity index (χ2v) is 6.86. The summed E-state index contributed by atoms with van der Waals surface area (Å²) in [6.45, 7) is 6.05. The molecule has 0 unspecified atom stereocenters. The molecule has 0 radical (unpaired) electrons. The molecular weight excluding hydrogens is 340 g/mol. The number of amides is 1. The molecule has 0 bridgehead atoms. The maximum absolute atomic E-state index is 13.0. The lowest BCUT2D eigenvalue weighted by Gasteiger charge is -2.07. The van der Waals surface area contributed by atoms with Gasteiger partial charge in [-0.25, -0.2) is 0 Å². The zero-order chi connectivity index (χ0) is 18.9. The molecule has 1 N–H and O–H groups in total. The summed E-state index contributed by atoms with van der Waals surface area (Å²) in [5, 5.41) is 2.64. The number of benzene rings is 2. The molecule has 0 aromatic heterocycles. The van der Waals surface area contributed by atoms with Gasteiger partial charge in [-0.15, -0.1) is 8.78 Å². The van der Waals surface area contributed by atoms with Crippen LogP contribution in [0.15, 0.2) is 42.5 Å². The number of hydrogen-bond acceptors (Lipinski definition) is 3. The fraction of sp³-hybridized carbons (Fsp3) is 0.250. The van der Waals surface area contributed by atoms with E-state index >= 15 is 0 Å². The number of halogens is 2. The maximum atomic E-state index is 13.0. The Balaban J connectivity index is 1.70. The first kappa shape index (κ1) is 17.7. The Morgan fingerprint density at radius 3 is 2.35 bits per heavy atom. The molecule has 26 heavy (non-hydrogen) atoms. The number of anilines is 1. The van der Waals surface area contributed by atoms with Crippen molar-refractivity contribution in [3.8, 4) is 23.3 Å². The fourth-order valence-corrected chi connectivity index (χ4v) is 2.19. The second-order valence-electron chi connectivity index (χ2n) is 6.86. The summed E-state index contributed by atoms with van der Waals surface area (Å²) in [6, 6.07) is 10.9. The van der Waals surface area contributed by atoms with Gasteiger partial charge in [0.2, 0.25) is 0 Å². The third-order valence-corrected chi connectivity index (χ3v) is 3.39. The molecule has 4 nitrogen and oxygen atoms in total. The van der Waals surface area contributed by atoms with Gasteiger partial charge in [-0.3, -0.25) is 4.79 Å². The number of nitrogens with one attached hydrogen (secondary N) is 1. The fourth-order valence-electron chi connectivity index (χ4n) is 2.19. The van der Waals surface area contributed by atoms with Gasteiger partial charge in [-0.2, -0.15) is 0 Å². The van der Waals surface area contributed by atoms with Crippen molar-refractivity contribution >= 4 is 11.6 Å². The minimum Gasteiger partial charge on any atom is -0.395 e. The van der Waals surface area contributed by atoms with Crippen LogP contribution in [0.2, 0.25) is 0 Å². The highest BCUT2D eigenvalue weighted by atomic mass is 19.3. The van der Waals surface area contributed by atoms with Crippen LogP contribution in [-0.4, -0.2) is 12.2 Å². The Labute approximate surface area is 150 Å². The van der Waals surface area contributed by atoms with Crippen LogP contribution in [0.1, 0.15) is 36.7 Å². The lowest BCUT2D eigenvalue weighted by molar-refractivity contribution is -0.286. The summed E-state index contributed by atoms with van der Waals surface area (Å²) in [6.07, 6.45) is -3.69. The zero-order valence-electron chi connectivity index (χ0n) is 14.5. The molecule has 2 aromatic carbocycles. The summed E-state index contributed by atoms with van der Waals surface area (Å²) >= 11 is 0. The number of ether oxygens (including phenoxy) is 2. The van der Waals surface area contributed by atoms with Crippen LogP contribution in [0.3, 0.4) is 0 Å². The van der Waals surface area contributed by atoms with Crippen molar-refractivity contribution in [3.63, 3.8) is 0 Å². The monoisotopic (exact) mass is 357 g/mol. The molecule has 0 fully saturated rings. The van der Waals surface area contributed by atoms with Gasteiger partial charge in [0.15, 0.2) is 11.5 Å². The number of fused-ring (bicyclic) bond motifs is 1. The van der Waals surface area contributed by atoms with E-state index in [1.54, 1.807) is 24.3 Å². The molecule has 0 aliphatic carbocycles. The Morgan fingerprint density at radius 2 is 1.69 bits per heavy atom. The second kappa shape index (κ2) is 6.34. The van der Waals surface area contributed by atoms with Crippen molar-refractivity contribution in [2.75, 3.05) is 5.32 Å². The molecule has 1 aliphatic rings. The quantitative estimate of drug-likeness (QED) is 0.796. The summed E-state index contributed by atoms with van der Waals surface area (Å²) in [7, 11) is 0. The van der Waals surface area contributed by atoms with Gasteiger partial charge < -0.3 is 14.8 Å². The highest BCUT2D eigenvalue weighted by molar-refractivity contribution is 6.04. The minimum atomic E-state index is -3.69. The topological polar surface area (TPSA) is 47.6 Å². The molecule has 2 aromatic rings. The molecule has 134 valence electrons. The number of hydrogen-bond donors (Lipinski definition) is 1. The Kier molecular flexibility index (Phi) is 4.33. The van der Waals surface area contributed by atoms with E-state index in [1.165, 1.54) is 18.2 Å². The molecule has 0 saturated heterocycles. The Morgan fingerprint density at radius 1 is 1.04 bits per heavy atom. The van der Waals surface area contributed by atoms with E-state index in [4.69, 9.17) is 0 Å². The van der Waals surface area contributed by atoms with Gasteiger partial charge in [-0.1, -0.05) is 11.8 Å². The van der Waals surface area contributed by atoms with Gasteiger partial charge in [-0.05, 0) is 57.2 Å². The normalized spacial score (nSPS) is 14.3. The predicted octanol–water partition coefficient (Wildman–Crippen LogP) is 4.66. The third kappa shape index (κ3) is 4.31. The first-order valence-electron chi connectivity index (χ1n) is 7.96. The summed E-state index contributed by atoms with van der Waals surface area (Å²) in [5.74, 6) is 5.60. The number of carbonyl (C=O) groups excluding carboxylic acids is 1. The van der Waals surface area contributed by atoms with Crippen LogP contribution in [0.4, 0.5) is 14.5 Å². The first-order valence-corrected chi connectivity index (χ1v) is 7.96. The molecule has 1 amide bonds. The van der Waals surface area contributed by atoms with E-state index in [0.717, 1.165) is 5.56 Å². The Bertz CT molecular complexity index is 903. The average Bonchev–Trinajstić information content (AvgIpc) is 2.86. The summed E-state index contributed by atoms with van der Waals surface area (Å²) in [4.78, 5) is 12.3. The minimum absolute atomic E-state index is 0.0743. The van der Waals surface area contributed by atoms with Crippen LogP contribution in [0, 0.1) is 17.3 Å². The van der Waals surface area contributed by atoms with E-state index in [1.807, 2.05) is 20.8 Å². The van der Waals surface area contributed by atoms with Gasteiger partial charge in [0.1, 0.15) is 0 Å². The van der Waals surface area contributed by atoms with Crippen molar-refractivity contribution in [2.45, 2.75) is 27.1 Å². The van der Waals surface area contributed by atoms with Crippen molar-refractivity contribution in [2.24, 2.45) is 5.41 Å². The number of carbonyl (C=O) groups is 1. The molecule has 3 rings (SSSR count). The predicted molar refractivity (Wildman–Crippen MR) is 93.4 cm³/mol. The molecule has 0 atom stereocenters. The maximum Gasteiger partial charge on any atom is 0.586 e. The SMILES string of the molecule is CC(C)(C)C#Cc1ccc(C(=O)Nc2ccc3c(c2)OC(F)(F)O3)cc1. The number of alkyl halides is 2. The molecule has 0 saturated carbocycles. The first-order chi connectivity index (χ1) is 12.1. The highest BCUT2D eigenvalue weighted by Crippen LogP contribution is 2.42. The van der Waals surface area contributed by atoms with Crippen LogP contribution in [0.25, 0.3) is 0 Å². The standard InChI is InChI=1S/C20H17F2NO3/c1-19(2,3)11-10-13-4-6-14(7-5-13)18(24)23-15-8-9-16-17(12-15)26-20(21,22)25-16/h4-9,12H,1-3H3,(H,23,24). The lowest BCUT2D eigenvalue weighted by Crippen LogP contribution is -2.25. The van der Waals surface area contributed by atoms with E-state index in [-0.39, 0.29) is 22.8 Å².